The molecular formula is C11H17N3O2S. The van der Waals surface area contributed by atoms with Crippen LogP contribution in [0.2, 0.25) is 0 Å². The second-order valence-electron chi connectivity index (χ2n) is 5.30. The fourth-order valence-electron chi connectivity index (χ4n) is 1.74. The zero-order valence-corrected chi connectivity index (χ0v) is 11.1. The second-order valence-corrected chi connectivity index (χ2v) is 6.25. The van der Waals surface area contributed by atoms with Gasteiger partial charge in [-0.2, -0.15) is 0 Å². The van der Waals surface area contributed by atoms with Crippen LogP contribution in [0.25, 0.3) is 0 Å². The zero-order chi connectivity index (χ0) is 12.6. The molecule has 0 unspecified atom stereocenters. The summed E-state index contributed by atoms with van der Waals surface area (Å²) in [5.41, 5.74) is -0.109. The van der Waals surface area contributed by atoms with Crippen LogP contribution in [0, 0.1) is 0 Å². The van der Waals surface area contributed by atoms with E-state index in [1.807, 2.05) is 0 Å². The summed E-state index contributed by atoms with van der Waals surface area (Å²) in [6, 6.07) is 0. The average Bonchev–Trinajstić information content (AvgIpc) is 2.93. The van der Waals surface area contributed by atoms with Crippen LogP contribution < -0.4 is 0 Å². The van der Waals surface area contributed by atoms with Crippen LogP contribution >= 0.6 is 11.8 Å². The monoisotopic (exact) mass is 255 g/mol. The molecule has 1 N–H and O–H groups in total. The summed E-state index contributed by atoms with van der Waals surface area (Å²) >= 11 is 1.24. The van der Waals surface area contributed by atoms with Gasteiger partial charge in [-0.05, 0) is 33.6 Å². The van der Waals surface area contributed by atoms with Gasteiger partial charge in [0.25, 0.3) is 0 Å². The van der Waals surface area contributed by atoms with E-state index < -0.39 is 5.97 Å². The van der Waals surface area contributed by atoms with E-state index in [1.165, 1.54) is 11.8 Å². The number of carboxylic acids is 1. The van der Waals surface area contributed by atoms with Gasteiger partial charge < -0.3 is 9.67 Å². The molecule has 0 saturated heterocycles. The first kappa shape index (κ1) is 12.4. The minimum atomic E-state index is -0.827. The van der Waals surface area contributed by atoms with E-state index in [4.69, 9.17) is 5.11 Å². The maximum atomic E-state index is 10.6. The summed E-state index contributed by atoms with van der Waals surface area (Å²) < 4.78 is 2.08. The fraction of sp³-hybridized carbons (Fsp3) is 0.727. The first-order valence-corrected chi connectivity index (χ1v) is 6.68. The number of hydrogen-bond acceptors (Lipinski definition) is 4. The molecule has 1 aromatic heterocycles. The highest BCUT2D eigenvalue weighted by Crippen LogP contribution is 2.41. The van der Waals surface area contributed by atoms with E-state index in [0.29, 0.717) is 11.1 Å². The quantitative estimate of drug-likeness (QED) is 0.834. The van der Waals surface area contributed by atoms with Gasteiger partial charge in [0, 0.05) is 11.5 Å². The molecule has 6 heteroatoms. The lowest BCUT2D eigenvalue weighted by Gasteiger charge is -2.24. The second kappa shape index (κ2) is 4.33. The van der Waals surface area contributed by atoms with E-state index in [1.54, 1.807) is 0 Å². The summed E-state index contributed by atoms with van der Waals surface area (Å²) in [4.78, 5) is 10.6. The van der Waals surface area contributed by atoms with Crippen LogP contribution in [0.1, 0.15) is 45.4 Å². The van der Waals surface area contributed by atoms with E-state index >= 15 is 0 Å². The fourth-order valence-corrected chi connectivity index (χ4v) is 2.59. The Labute approximate surface area is 105 Å². The number of nitrogens with zero attached hydrogens (tertiary/aromatic N) is 3. The van der Waals surface area contributed by atoms with E-state index in [0.717, 1.165) is 18.7 Å². The molecule has 0 spiro atoms. The third kappa shape index (κ3) is 2.80. The summed E-state index contributed by atoms with van der Waals surface area (Å²) in [7, 11) is 0. The van der Waals surface area contributed by atoms with Crippen molar-refractivity contribution in [3.63, 3.8) is 0 Å². The topological polar surface area (TPSA) is 68.0 Å². The van der Waals surface area contributed by atoms with Gasteiger partial charge in [-0.15, -0.1) is 10.2 Å². The van der Waals surface area contributed by atoms with Crippen molar-refractivity contribution >= 4 is 17.7 Å². The Balaban J connectivity index is 2.28. The highest BCUT2D eigenvalue weighted by Gasteiger charge is 2.34. The van der Waals surface area contributed by atoms with E-state index in [2.05, 4.69) is 35.5 Å². The van der Waals surface area contributed by atoms with Crippen LogP contribution in [-0.4, -0.2) is 31.6 Å². The lowest BCUT2D eigenvalue weighted by Crippen LogP contribution is -2.25. The smallest absolute Gasteiger partial charge is 0.313 e. The summed E-state index contributed by atoms with van der Waals surface area (Å²) in [6.45, 7) is 6.27. The van der Waals surface area contributed by atoms with Gasteiger partial charge in [-0.1, -0.05) is 11.8 Å². The van der Waals surface area contributed by atoms with Gasteiger partial charge in [0.1, 0.15) is 5.82 Å². The minimum Gasteiger partial charge on any atom is -0.481 e. The molecule has 0 atom stereocenters. The van der Waals surface area contributed by atoms with Gasteiger partial charge in [0.2, 0.25) is 0 Å². The number of thioether (sulfide) groups is 1. The predicted molar refractivity (Wildman–Crippen MR) is 65.4 cm³/mol. The zero-order valence-electron chi connectivity index (χ0n) is 10.3. The molecule has 1 saturated carbocycles. The molecule has 0 bridgehead atoms. The molecule has 0 radical (unpaired) electrons. The predicted octanol–water partition coefficient (Wildman–Crippen LogP) is 2.09. The molecule has 5 nitrogen and oxygen atoms in total. The number of carboxylic acid groups (broad SMARTS) is 1. The Morgan fingerprint density at radius 3 is 2.59 bits per heavy atom. The molecule has 1 aliphatic carbocycles. The summed E-state index contributed by atoms with van der Waals surface area (Å²) in [6.07, 6.45) is 2.33. The van der Waals surface area contributed by atoms with E-state index in [-0.39, 0.29) is 11.3 Å². The van der Waals surface area contributed by atoms with Crippen molar-refractivity contribution in [2.75, 3.05) is 5.75 Å². The van der Waals surface area contributed by atoms with Crippen molar-refractivity contribution < 1.29 is 9.90 Å². The third-order valence-electron chi connectivity index (χ3n) is 2.60. The normalized spacial score (nSPS) is 16.2. The Bertz CT molecular complexity index is 432. The van der Waals surface area contributed by atoms with Crippen molar-refractivity contribution in [3.8, 4) is 0 Å². The standard InChI is InChI=1S/C11H17N3O2S/c1-11(2,3)14-9(7-4-5-7)12-13-10(14)17-6-8(15)16/h7H,4-6H2,1-3H3,(H,15,16). The van der Waals surface area contributed by atoms with Gasteiger partial charge in [0.05, 0.1) is 5.75 Å². The van der Waals surface area contributed by atoms with Crippen LogP contribution in [0.4, 0.5) is 0 Å². The number of rotatable bonds is 4. The molecular weight excluding hydrogens is 238 g/mol. The lowest BCUT2D eigenvalue weighted by atomic mass is 10.1. The molecule has 1 fully saturated rings. The molecule has 0 amide bonds. The first-order valence-electron chi connectivity index (χ1n) is 5.70. The Morgan fingerprint density at radius 1 is 1.47 bits per heavy atom. The van der Waals surface area contributed by atoms with Crippen molar-refractivity contribution in [2.45, 2.75) is 50.2 Å². The Morgan fingerprint density at radius 2 is 2.12 bits per heavy atom. The molecule has 17 heavy (non-hydrogen) atoms. The third-order valence-corrected chi connectivity index (χ3v) is 3.51. The maximum Gasteiger partial charge on any atom is 0.313 e. The van der Waals surface area contributed by atoms with Gasteiger partial charge >= 0.3 is 5.97 Å². The molecule has 1 aromatic rings. The molecule has 1 aliphatic rings. The molecule has 2 rings (SSSR count). The van der Waals surface area contributed by atoms with Crippen LogP contribution in [0.5, 0.6) is 0 Å². The van der Waals surface area contributed by atoms with Crippen LogP contribution in [-0.2, 0) is 10.3 Å². The average molecular weight is 255 g/mol. The molecule has 94 valence electrons. The Hall–Kier alpha value is -1.04. The molecule has 0 aliphatic heterocycles. The largest absolute Gasteiger partial charge is 0.481 e. The maximum absolute atomic E-state index is 10.6. The van der Waals surface area contributed by atoms with Crippen molar-refractivity contribution in [2.24, 2.45) is 0 Å². The van der Waals surface area contributed by atoms with Crippen LogP contribution in [0.15, 0.2) is 5.16 Å². The highest BCUT2D eigenvalue weighted by molar-refractivity contribution is 7.99. The SMILES string of the molecule is CC(C)(C)n1c(SCC(=O)O)nnc1C1CC1. The number of aromatic nitrogens is 3. The van der Waals surface area contributed by atoms with Crippen molar-refractivity contribution in [3.05, 3.63) is 5.82 Å². The van der Waals surface area contributed by atoms with E-state index in [9.17, 15) is 4.79 Å². The van der Waals surface area contributed by atoms with Crippen molar-refractivity contribution in [1.29, 1.82) is 0 Å². The highest BCUT2D eigenvalue weighted by atomic mass is 32.2. The molecule has 1 heterocycles. The molecule has 0 aromatic carbocycles. The summed E-state index contributed by atoms with van der Waals surface area (Å²) in [5, 5.41) is 17.8. The van der Waals surface area contributed by atoms with Crippen LogP contribution in [0.3, 0.4) is 0 Å². The lowest BCUT2D eigenvalue weighted by molar-refractivity contribution is -0.133. The van der Waals surface area contributed by atoms with Gasteiger partial charge in [-0.25, -0.2) is 0 Å². The first-order chi connectivity index (χ1) is 7.89. The van der Waals surface area contributed by atoms with Gasteiger partial charge in [-0.3, -0.25) is 4.79 Å². The number of hydrogen-bond donors (Lipinski definition) is 1. The van der Waals surface area contributed by atoms with Gasteiger partial charge in [0.15, 0.2) is 5.16 Å². The number of carbonyl (C=O) groups is 1. The summed E-state index contributed by atoms with van der Waals surface area (Å²) in [5.74, 6) is 0.719. The minimum absolute atomic E-state index is 0.0267. The Kier molecular flexibility index (Phi) is 3.16. The number of aliphatic carboxylic acids is 1. The van der Waals surface area contributed by atoms with Crippen molar-refractivity contribution in [1.82, 2.24) is 14.8 Å².